The molecular weight excluding hydrogens is 1550 g/mol. The molecule has 4 aliphatic rings. The molecule has 2 aliphatic carbocycles. The number of alkyl carbamates (subject to hydrolysis) is 3. The molecule has 0 radical (unpaired) electrons. The van der Waals surface area contributed by atoms with Crippen LogP contribution in [0.25, 0.3) is 0 Å². The molecule has 32 heteroatoms. The molecule has 4 aromatic carbocycles. The summed E-state index contributed by atoms with van der Waals surface area (Å²) in [4.78, 5) is 181. The zero-order valence-corrected chi connectivity index (χ0v) is 73.0. The minimum Gasteiger partial charge on any atom is -0.468 e. The second-order valence-corrected chi connectivity index (χ2v) is 36.1. The van der Waals surface area contributed by atoms with Crippen molar-refractivity contribution in [3.8, 4) is 0 Å². The van der Waals surface area contributed by atoms with E-state index in [-0.39, 0.29) is 108 Å². The van der Waals surface area contributed by atoms with Crippen LogP contribution in [0.15, 0.2) is 109 Å². The number of unbranched alkanes of at least 4 members (excludes halogenated alkanes) is 2. The van der Waals surface area contributed by atoms with Gasteiger partial charge in [0.15, 0.2) is 5.54 Å². The minimum absolute atomic E-state index is 0.000375. The molecule has 2 aliphatic heterocycles. The number of hydrogen-bond donors (Lipinski definition) is 12. The van der Waals surface area contributed by atoms with Crippen molar-refractivity contribution >= 4 is 77.5 Å². The van der Waals surface area contributed by atoms with Crippen molar-refractivity contribution in [1.29, 1.82) is 0 Å². The van der Waals surface area contributed by atoms with Gasteiger partial charge in [0.2, 0.25) is 47.3 Å². The average Bonchev–Trinajstić information content (AvgIpc) is 1.63. The number of amides is 11. The molecule has 0 bridgehead atoms. The number of nitrogens with zero attached hydrogens (tertiary/aromatic N) is 2. The van der Waals surface area contributed by atoms with Crippen LogP contribution >= 0.6 is 0 Å². The third-order valence-electron chi connectivity index (χ3n) is 21.2. The fourth-order valence-electron chi connectivity index (χ4n) is 15.3. The molecule has 2 fully saturated rings. The lowest BCUT2D eigenvalue weighted by atomic mass is 9.93. The molecule has 2 saturated heterocycles. The Balaban J connectivity index is 0.000000353. The number of ether oxygens (including phenoxy) is 5. The highest BCUT2D eigenvalue weighted by Crippen LogP contribution is 2.33. The maximum atomic E-state index is 14.7. The number of nitrogens with one attached hydrogen (secondary N) is 9. The molecule has 15 N–H and O–H groups in total. The Bertz CT molecular complexity index is 4210. The predicted octanol–water partition coefficient (Wildman–Crippen LogP) is 5.61. The van der Waals surface area contributed by atoms with Crippen molar-refractivity contribution in [2.24, 2.45) is 29.0 Å². The first-order valence-corrected chi connectivity index (χ1v) is 41.9. The fraction of sp³-hybridized carbons (Fsp3) is 0.584. The van der Waals surface area contributed by atoms with Gasteiger partial charge in [0, 0.05) is 58.3 Å². The van der Waals surface area contributed by atoms with E-state index in [2.05, 4.69) is 47.9 Å². The summed E-state index contributed by atoms with van der Waals surface area (Å²) in [6.07, 6.45) is 1.85. The molecule has 0 aromatic heterocycles. The summed E-state index contributed by atoms with van der Waals surface area (Å²) in [7, 11) is 2.42. The van der Waals surface area contributed by atoms with E-state index >= 15 is 0 Å². The summed E-state index contributed by atoms with van der Waals surface area (Å²) in [5, 5.41) is 25.5. The molecule has 0 saturated carbocycles. The van der Waals surface area contributed by atoms with Gasteiger partial charge in [-0.25, -0.2) is 24.0 Å². The molecule has 121 heavy (non-hydrogen) atoms. The van der Waals surface area contributed by atoms with Crippen molar-refractivity contribution in [1.82, 2.24) is 57.7 Å². The summed E-state index contributed by atoms with van der Waals surface area (Å²) in [6.45, 7) is 23.5. The van der Waals surface area contributed by atoms with Crippen molar-refractivity contribution < 1.29 is 86.0 Å². The number of fused-ring (bicyclic) bond motifs is 2. The normalized spacial score (nSPS) is 18.4. The molecule has 0 spiro atoms. The predicted molar refractivity (Wildman–Crippen MR) is 454 cm³/mol. The van der Waals surface area contributed by atoms with Gasteiger partial charge in [-0.2, -0.15) is 0 Å². The van der Waals surface area contributed by atoms with Gasteiger partial charge in [-0.1, -0.05) is 137 Å². The Morgan fingerprint density at radius 2 is 0.785 bits per heavy atom. The van der Waals surface area contributed by atoms with Gasteiger partial charge in [0.1, 0.15) is 69.7 Å². The summed E-state index contributed by atoms with van der Waals surface area (Å²) in [6, 6.07) is 26.9. The van der Waals surface area contributed by atoms with E-state index in [0.717, 1.165) is 27.8 Å². The van der Waals surface area contributed by atoms with Crippen molar-refractivity contribution in [2.45, 2.75) is 268 Å². The van der Waals surface area contributed by atoms with Crippen LogP contribution in [-0.2, 0) is 110 Å². The van der Waals surface area contributed by atoms with Crippen molar-refractivity contribution in [3.63, 3.8) is 0 Å². The standard InChI is InChI=1S/C52H77N7O12.C37H53N7O6/c1-33(2)28-38(55-41(61)39(29-34-20-14-13-15-21-34)56-43(63)52(58-47(67)71-50(9,10)11)30-35-22-16-17-23-36(35)31-52)40(60)54-37(24-18-19-26-53-45(65)69-48(3,4)5)42(62)59-27-25-51(32-59,44(64)68-12)57-46(66)70-49(6,7)8;1-24(2)19-29(31(45)41-28(15-9-10-17-38)33(47)44-18-16-36(39,23-44)35(49)50-3)42-32(46)30(20-25-11-5-4-6-12-25)43-34(48)37(40)21-26-13-7-8-14-27(26)22-37/h13-17,20-23,33,37-39H,18-19,24-32H2,1-12H3,(H,53,65)(H,54,60)(H,55,61)(H,56,63)(H,57,66)(H,58,67);4-8,11-14,24,28-30H,9-10,15-23,38-40H2,1-3H3,(H,41,45)(H,42,46)(H,43,48)/t37-,38?,39-,51?;28-,29?,30-,36?/m11/s1. The molecule has 8 atom stereocenters. The van der Waals surface area contributed by atoms with Gasteiger partial charge in [-0.05, 0) is 185 Å². The van der Waals surface area contributed by atoms with Crippen LogP contribution in [0.4, 0.5) is 14.4 Å². The van der Waals surface area contributed by atoms with Crippen LogP contribution in [0.1, 0.15) is 188 Å². The molecule has 8 rings (SSSR count). The lowest BCUT2D eigenvalue weighted by molar-refractivity contribution is -0.149. The second kappa shape index (κ2) is 43.2. The van der Waals surface area contributed by atoms with E-state index in [9.17, 15) is 62.3 Å². The number of benzene rings is 4. The monoisotopic (exact) mass is 1680 g/mol. The molecule has 2 heterocycles. The lowest BCUT2D eigenvalue weighted by Crippen LogP contribution is -2.64. The molecule has 11 amide bonds. The second-order valence-electron chi connectivity index (χ2n) is 36.1. The molecule has 4 aromatic rings. The van der Waals surface area contributed by atoms with Gasteiger partial charge in [-0.3, -0.25) is 38.4 Å². The van der Waals surface area contributed by atoms with Gasteiger partial charge in [0.25, 0.3) is 0 Å². The quantitative estimate of drug-likeness (QED) is 0.0151. The number of hydrogen-bond acceptors (Lipinski definition) is 21. The SMILES string of the molecule is COC(=O)C1(N)CCN(C(=O)[C@@H](CCCCN)NC(=O)C(CC(C)C)NC(=O)[C@@H](Cc2ccccc2)NC(=O)C2(N)Cc3ccccc3C2)C1.COC(=O)C1(NC(=O)OC(C)(C)C)CCN(C(=O)[C@@H](CCCCNC(=O)OC(C)(C)C)NC(=O)C(CC(C)C)NC(=O)[C@@H](Cc2ccccc2)NC(=O)C2(NC(=O)OC(C)(C)C)Cc3ccccc3C2)C1. The molecule has 4 unspecified atom stereocenters. The average molecular weight is 1680 g/mol. The Hall–Kier alpha value is -10.7. The van der Waals surface area contributed by atoms with Crippen molar-refractivity contribution in [3.05, 3.63) is 143 Å². The number of carbonyl (C=O) groups is 13. The summed E-state index contributed by atoms with van der Waals surface area (Å²) >= 11 is 0. The first-order chi connectivity index (χ1) is 56.8. The topological polar surface area (TPSA) is 461 Å². The van der Waals surface area contributed by atoms with E-state index in [4.69, 9.17) is 40.9 Å². The van der Waals surface area contributed by atoms with Crippen LogP contribution in [0.2, 0.25) is 0 Å². The molecule has 32 nitrogen and oxygen atoms in total. The lowest BCUT2D eigenvalue weighted by Gasteiger charge is -2.33. The highest BCUT2D eigenvalue weighted by atomic mass is 16.6. The number of nitrogens with two attached hydrogens (primary N) is 3. The Kier molecular flexibility index (Phi) is 34.7. The first-order valence-electron chi connectivity index (χ1n) is 41.9. The van der Waals surface area contributed by atoms with Gasteiger partial charge in [0.05, 0.1) is 20.8 Å². The van der Waals surface area contributed by atoms with Crippen molar-refractivity contribution in [2.75, 3.05) is 53.5 Å². The largest absolute Gasteiger partial charge is 0.468 e. The fourth-order valence-corrected chi connectivity index (χ4v) is 15.3. The van der Waals surface area contributed by atoms with Crippen LogP contribution < -0.4 is 65.1 Å². The first kappa shape index (κ1) is 97.4. The summed E-state index contributed by atoms with van der Waals surface area (Å²) < 4.78 is 26.3. The van der Waals surface area contributed by atoms with Crippen LogP contribution in [-0.4, -0.2) is 216 Å². The minimum atomic E-state index is -1.65. The highest BCUT2D eigenvalue weighted by molar-refractivity contribution is 5.99. The number of rotatable bonds is 35. The van der Waals surface area contributed by atoms with Crippen LogP contribution in [0.3, 0.4) is 0 Å². The van der Waals surface area contributed by atoms with E-state index < -0.39 is 147 Å². The maximum Gasteiger partial charge on any atom is 0.408 e. The van der Waals surface area contributed by atoms with Gasteiger partial charge < -0.3 is 98.5 Å². The smallest absolute Gasteiger partial charge is 0.408 e. The number of carbonyl (C=O) groups excluding carboxylic acids is 13. The van der Waals surface area contributed by atoms with Gasteiger partial charge >= 0.3 is 30.2 Å². The van der Waals surface area contributed by atoms with E-state index in [1.54, 1.807) is 86.6 Å². The van der Waals surface area contributed by atoms with Crippen LogP contribution in [0, 0.1) is 11.8 Å². The van der Waals surface area contributed by atoms with E-state index in [1.165, 1.54) is 24.0 Å². The van der Waals surface area contributed by atoms with E-state index in [1.807, 2.05) is 113 Å². The summed E-state index contributed by atoms with van der Waals surface area (Å²) in [5.41, 5.74) is 15.7. The molecule has 664 valence electrons. The zero-order chi connectivity index (χ0) is 89.4. The Labute approximate surface area is 710 Å². The third kappa shape index (κ3) is 29.3. The number of methoxy groups -OCH3 is 2. The highest BCUT2D eigenvalue weighted by Gasteiger charge is 2.52. The number of esters is 2. The Morgan fingerprint density at radius 3 is 1.21 bits per heavy atom. The zero-order valence-electron chi connectivity index (χ0n) is 73.0. The summed E-state index contributed by atoms with van der Waals surface area (Å²) in [5.74, 6) is -5.97. The maximum absolute atomic E-state index is 14.7. The van der Waals surface area contributed by atoms with Crippen LogP contribution in [0.5, 0.6) is 0 Å². The Morgan fingerprint density at radius 1 is 0.413 bits per heavy atom. The molecular formula is C89H130N14O18. The third-order valence-corrected chi connectivity index (χ3v) is 21.2. The number of likely N-dealkylation sites (tertiary alicyclic amines) is 2. The van der Waals surface area contributed by atoms with Gasteiger partial charge in [-0.15, -0.1) is 0 Å². The van der Waals surface area contributed by atoms with E-state index in [0.29, 0.717) is 57.1 Å².